The molecule has 0 aliphatic rings. The first-order chi connectivity index (χ1) is 20.4. The Hall–Kier alpha value is 1.01. The van der Waals surface area contributed by atoms with Crippen molar-refractivity contribution in [2.45, 2.75) is 194 Å². The molecule has 0 spiro atoms. The fourth-order valence-corrected chi connectivity index (χ4v) is 11.1. The van der Waals surface area contributed by atoms with E-state index in [4.69, 9.17) is 0 Å². The maximum absolute atomic E-state index is 10.4. The minimum Gasteiger partial charge on any atom is -0.0654 e. The molecule has 0 amide bonds. The quantitative estimate of drug-likeness (QED) is 0.0464. The summed E-state index contributed by atoms with van der Waals surface area (Å²) in [6.45, 7) is 4.57. The third-order valence-corrected chi connectivity index (χ3v) is 13.7. The molecule has 0 aromatic rings. The van der Waals surface area contributed by atoms with Crippen molar-refractivity contribution in [2.75, 3.05) is 35.3 Å². The third-order valence-electron chi connectivity index (χ3n) is 8.67. The molecule has 3 nitrogen and oxygen atoms in total. The summed E-state index contributed by atoms with van der Waals surface area (Å²) in [5.74, 6) is 3.45. The SMILES string of the molecule is CCCCCCCCCCCCCCCCSCCP(O)(O)(O)CCSCCCCCCCCCCCCCCCC. The molecule has 0 aliphatic carbocycles. The van der Waals surface area contributed by atoms with Gasteiger partial charge in [-0.3, -0.25) is 0 Å². The molecule has 6 heteroatoms. The smallest absolute Gasteiger partial charge is 0.0654 e. The summed E-state index contributed by atoms with van der Waals surface area (Å²) in [5, 5.41) is 0. The second-order valence-corrected chi connectivity index (χ2v) is 19.2. The van der Waals surface area contributed by atoms with E-state index < -0.39 is 7.28 Å². The van der Waals surface area contributed by atoms with E-state index in [1.807, 2.05) is 0 Å². The minimum atomic E-state index is -4.44. The van der Waals surface area contributed by atoms with E-state index in [-0.39, 0.29) is 12.3 Å². The summed E-state index contributed by atoms with van der Waals surface area (Å²) in [5.41, 5.74) is 0. The Morgan fingerprint density at radius 3 is 0.762 bits per heavy atom. The van der Waals surface area contributed by atoms with Crippen LogP contribution < -0.4 is 0 Å². The van der Waals surface area contributed by atoms with Crippen LogP contribution >= 0.6 is 30.8 Å². The van der Waals surface area contributed by atoms with E-state index in [0.29, 0.717) is 11.5 Å². The van der Waals surface area contributed by atoms with Crippen LogP contribution in [-0.4, -0.2) is 50.0 Å². The van der Waals surface area contributed by atoms with Crippen molar-refractivity contribution in [1.82, 2.24) is 0 Å². The molecular formula is C36H77O3PS2. The van der Waals surface area contributed by atoms with Crippen LogP contribution in [0.3, 0.4) is 0 Å². The van der Waals surface area contributed by atoms with E-state index in [2.05, 4.69) is 13.8 Å². The molecule has 256 valence electrons. The second kappa shape index (κ2) is 32.0. The van der Waals surface area contributed by atoms with Gasteiger partial charge in [0.2, 0.25) is 0 Å². The van der Waals surface area contributed by atoms with Crippen molar-refractivity contribution >= 4 is 30.8 Å². The van der Waals surface area contributed by atoms with Crippen LogP contribution in [0.5, 0.6) is 0 Å². The Morgan fingerprint density at radius 1 is 0.310 bits per heavy atom. The average Bonchev–Trinajstić information content (AvgIpc) is 2.96. The Balaban J connectivity index is 3.39. The van der Waals surface area contributed by atoms with Gasteiger partial charge in [-0.2, -0.15) is 0 Å². The molecule has 3 N–H and O–H groups in total. The standard InChI is InChI=1S/C36H77O3PS2/c1-3-5-7-9-11-13-15-17-19-21-23-25-27-29-33-41-35-31-40(37,38,39)32-36-42-34-30-28-26-24-22-20-18-16-14-12-10-8-6-4-2/h37-39H,3-36H2,1-2H3. The number of rotatable bonds is 36. The molecule has 0 bridgehead atoms. The second-order valence-electron chi connectivity index (χ2n) is 13.2. The van der Waals surface area contributed by atoms with E-state index in [0.717, 1.165) is 11.5 Å². The Kier molecular flexibility index (Phi) is 32.7. The number of hydrogen-bond donors (Lipinski definition) is 3. The summed E-state index contributed by atoms with van der Waals surface area (Å²) in [7, 11) is -4.44. The molecule has 42 heavy (non-hydrogen) atoms. The van der Waals surface area contributed by atoms with Gasteiger partial charge in [0, 0.05) is 0 Å². The van der Waals surface area contributed by atoms with Gasteiger partial charge in [0.25, 0.3) is 0 Å². The predicted molar refractivity (Wildman–Crippen MR) is 199 cm³/mol. The molecular weight excluding hydrogens is 576 g/mol. The third kappa shape index (κ3) is 35.5. The molecule has 0 aliphatic heterocycles. The summed E-state index contributed by atoms with van der Waals surface area (Å²) < 4.78 is 0. The van der Waals surface area contributed by atoms with Crippen LogP contribution in [0.15, 0.2) is 0 Å². The van der Waals surface area contributed by atoms with Crippen LogP contribution in [-0.2, 0) is 0 Å². The minimum absolute atomic E-state index is 0.161. The van der Waals surface area contributed by atoms with Crippen LogP contribution in [0.2, 0.25) is 0 Å². The fourth-order valence-electron chi connectivity index (χ4n) is 5.62. The molecule has 0 atom stereocenters. The molecule has 0 aromatic heterocycles. The molecule has 0 aromatic carbocycles. The Morgan fingerprint density at radius 2 is 0.524 bits per heavy atom. The van der Waals surface area contributed by atoms with Crippen molar-refractivity contribution in [3.63, 3.8) is 0 Å². The van der Waals surface area contributed by atoms with Gasteiger partial charge in [-0.15, -0.1) is 0 Å². The van der Waals surface area contributed by atoms with Crippen LogP contribution in [0, 0.1) is 0 Å². The van der Waals surface area contributed by atoms with Crippen molar-refractivity contribution in [3.8, 4) is 0 Å². The van der Waals surface area contributed by atoms with Gasteiger partial charge in [-0.05, 0) is 0 Å². The van der Waals surface area contributed by atoms with Gasteiger partial charge < -0.3 is 0 Å². The van der Waals surface area contributed by atoms with Gasteiger partial charge in [-0.1, -0.05) is 90.9 Å². The van der Waals surface area contributed by atoms with E-state index >= 15 is 0 Å². The van der Waals surface area contributed by atoms with Crippen LogP contribution in [0.25, 0.3) is 0 Å². The molecule has 0 heterocycles. The van der Waals surface area contributed by atoms with E-state index in [1.54, 1.807) is 23.5 Å². The van der Waals surface area contributed by atoms with Crippen molar-refractivity contribution in [2.24, 2.45) is 0 Å². The van der Waals surface area contributed by atoms with E-state index in [1.165, 1.54) is 180 Å². The van der Waals surface area contributed by atoms with Crippen molar-refractivity contribution < 1.29 is 14.7 Å². The molecule has 0 radical (unpaired) electrons. The zero-order chi connectivity index (χ0) is 30.9. The summed E-state index contributed by atoms with van der Waals surface area (Å²) >= 11 is 3.55. The summed E-state index contributed by atoms with van der Waals surface area (Å²) in [6, 6.07) is 0. The monoisotopic (exact) mass is 653 g/mol. The van der Waals surface area contributed by atoms with Gasteiger partial charge in [-0.25, -0.2) is 0 Å². The molecule has 0 unspecified atom stereocenters. The molecule has 0 fully saturated rings. The van der Waals surface area contributed by atoms with Crippen molar-refractivity contribution in [3.05, 3.63) is 0 Å². The topological polar surface area (TPSA) is 60.7 Å². The van der Waals surface area contributed by atoms with E-state index in [9.17, 15) is 14.7 Å². The Labute approximate surface area is 273 Å². The van der Waals surface area contributed by atoms with Gasteiger partial charge in [0.15, 0.2) is 0 Å². The zero-order valence-electron chi connectivity index (χ0n) is 28.6. The summed E-state index contributed by atoms with van der Waals surface area (Å²) in [6.07, 6.45) is 38.8. The van der Waals surface area contributed by atoms with Gasteiger partial charge in [0.05, 0.1) is 0 Å². The van der Waals surface area contributed by atoms with Gasteiger partial charge >= 0.3 is 184 Å². The molecule has 0 saturated heterocycles. The number of thioether (sulfide) groups is 2. The predicted octanol–water partition coefficient (Wildman–Crippen LogP) is 12.7. The first kappa shape index (κ1) is 43.0. The fraction of sp³-hybridized carbons (Fsp3) is 1.00. The Bertz CT molecular complexity index is 486. The zero-order valence-corrected chi connectivity index (χ0v) is 31.2. The average molecular weight is 653 g/mol. The molecule has 0 saturated carbocycles. The number of unbranched alkanes of at least 4 members (excludes halogenated alkanes) is 26. The number of hydrogen-bond acceptors (Lipinski definition) is 5. The van der Waals surface area contributed by atoms with Crippen molar-refractivity contribution in [1.29, 1.82) is 0 Å². The first-order valence-corrected chi connectivity index (χ1v) is 23.6. The first-order valence-electron chi connectivity index (χ1n) is 18.8. The normalized spacial score (nSPS) is 13.0. The molecule has 0 rings (SSSR count). The van der Waals surface area contributed by atoms with Crippen LogP contribution in [0.1, 0.15) is 194 Å². The summed E-state index contributed by atoms with van der Waals surface area (Å²) in [4.78, 5) is 31.3. The van der Waals surface area contributed by atoms with Gasteiger partial charge in [0.1, 0.15) is 0 Å². The van der Waals surface area contributed by atoms with Crippen LogP contribution in [0.4, 0.5) is 0 Å². The maximum atomic E-state index is 10.4.